The van der Waals surface area contributed by atoms with Crippen molar-refractivity contribution < 1.29 is 9.53 Å². The molecule has 0 aliphatic heterocycles. The Balaban J connectivity index is 1.68. The lowest BCUT2D eigenvalue weighted by Crippen LogP contribution is -2.05. The van der Waals surface area contributed by atoms with E-state index in [4.69, 9.17) is 9.72 Å². The molecule has 0 spiro atoms. The smallest absolute Gasteiger partial charge is 0.338 e. The zero-order chi connectivity index (χ0) is 21.1. The monoisotopic (exact) mass is 462 g/mol. The molecule has 4 nitrogen and oxygen atoms in total. The quantitative estimate of drug-likeness (QED) is 0.318. The number of ether oxygens (including phenoxy) is 1. The number of aromatic nitrogens is 2. The first-order valence-electron chi connectivity index (χ1n) is 10.0. The molecule has 5 heteroatoms. The van der Waals surface area contributed by atoms with E-state index < -0.39 is 0 Å². The van der Waals surface area contributed by atoms with Crippen molar-refractivity contribution in [2.24, 2.45) is 0 Å². The number of hydrogen-bond donors (Lipinski definition) is 0. The van der Waals surface area contributed by atoms with Crippen molar-refractivity contribution in [1.29, 1.82) is 0 Å². The molecule has 0 bridgehead atoms. The van der Waals surface area contributed by atoms with E-state index >= 15 is 0 Å². The van der Waals surface area contributed by atoms with Gasteiger partial charge in [0.1, 0.15) is 5.82 Å². The SMILES string of the molecule is CCCc1nc2ccc(Br)cc2n1Cc1ccc(-c2ccccc2C(=O)OC)cc1. The molecular formula is C25H23BrN2O2. The number of methoxy groups -OCH3 is 1. The van der Waals surface area contributed by atoms with E-state index in [-0.39, 0.29) is 5.97 Å². The number of rotatable bonds is 6. The summed E-state index contributed by atoms with van der Waals surface area (Å²) in [6.07, 6.45) is 1.99. The third kappa shape index (κ3) is 4.03. The summed E-state index contributed by atoms with van der Waals surface area (Å²) in [5.74, 6) is 0.778. The average molecular weight is 463 g/mol. The molecule has 30 heavy (non-hydrogen) atoms. The van der Waals surface area contributed by atoms with E-state index in [9.17, 15) is 4.79 Å². The second kappa shape index (κ2) is 8.84. The van der Waals surface area contributed by atoms with E-state index in [1.807, 2.05) is 24.3 Å². The van der Waals surface area contributed by atoms with Crippen molar-refractivity contribution in [3.8, 4) is 11.1 Å². The number of fused-ring (bicyclic) bond motifs is 1. The highest BCUT2D eigenvalue weighted by Crippen LogP contribution is 2.26. The third-order valence-corrected chi connectivity index (χ3v) is 5.69. The van der Waals surface area contributed by atoms with Crippen LogP contribution in [0.5, 0.6) is 0 Å². The molecule has 0 aliphatic carbocycles. The van der Waals surface area contributed by atoms with Crippen LogP contribution in [-0.2, 0) is 17.7 Å². The third-order valence-electron chi connectivity index (χ3n) is 5.20. The lowest BCUT2D eigenvalue weighted by atomic mass is 9.98. The first-order chi connectivity index (χ1) is 14.6. The molecule has 3 aromatic carbocycles. The van der Waals surface area contributed by atoms with Crippen LogP contribution in [0.4, 0.5) is 0 Å². The minimum Gasteiger partial charge on any atom is -0.465 e. The molecule has 0 fully saturated rings. The molecule has 4 rings (SSSR count). The van der Waals surface area contributed by atoms with Gasteiger partial charge in [0.2, 0.25) is 0 Å². The highest BCUT2D eigenvalue weighted by Gasteiger charge is 2.14. The lowest BCUT2D eigenvalue weighted by molar-refractivity contribution is 0.0601. The normalized spacial score (nSPS) is 11.0. The number of carbonyl (C=O) groups excluding carboxylic acids is 1. The maximum absolute atomic E-state index is 12.1. The van der Waals surface area contributed by atoms with Crippen LogP contribution < -0.4 is 0 Å². The Kier molecular flexibility index (Phi) is 6.00. The summed E-state index contributed by atoms with van der Waals surface area (Å²) in [4.78, 5) is 16.9. The summed E-state index contributed by atoms with van der Waals surface area (Å²) in [5, 5.41) is 0. The highest BCUT2D eigenvalue weighted by molar-refractivity contribution is 9.10. The minimum absolute atomic E-state index is 0.325. The van der Waals surface area contributed by atoms with Crippen LogP contribution in [0, 0.1) is 0 Å². The lowest BCUT2D eigenvalue weighted by Gasteiger charge is -2.11. The molecule has 0 unspecified atom stereocenters. The standard InChI is InChI=1S/C25H23BrN2O2/c1-3-6-24-27-22-14-13-19(26)15-23(22)28(24)16-17-9-11-18(12-10-17)20-7-4-5-8-21(20)25(29)30-2/h4-5,7-15H,3,6,16H2,1-2H3. The molecule has 0 amide bonds. The van der Waals surface area contributed by atoms with Gasteiger partial charge < -0.3 is 9.30 Å². The number of halogens is 1. The number of aryl methyl sites for hydroxylation is 1. The van der Waals surface area contributed by atoms with E-state index in [0.29, 0.717) is 5.56 Å². The predicted octanol–water partition coefficient (Wildman–Crippen LogP) is 6.25. The van der Waals surface area contributed by atoms with Gasteiger partial charge in [0.25, 0.3) is 0 Å². The summed E-state index contributed by atoms with van der Waals surface area (Å²) in [7, 11) is 1.41. The van der Waals surface area contributed by atoms with Gasteiger partial charge in [-0.3, -0.25) is 0 Å². The molecule has 0 atom stereocenters. The van der Waals surface area contributed by atoms with Crippen molar-refractivity contribution in [3.05, 3.63) is 88.2 Å². The first-order valence-corrected chi connectivity index (χ1v) is 10.8. The Morgan fingerprint density at radius 3 is 2.57 bits per heavy atom. The van der Waals surface area contributed by atoms with Gasteiger partial charge in [-0.15, -0.1) is 0 Å². The van der Waals surface area contributed by atoms with Gasteiger partial charge >= 0.3 is 5.97 Å². The summed E-state index contributed by atoms with van der Waals surface area (Å²) < 4.78 is 8.27. The fourth-order valence-corrected chi connectivity index (χ4v) is 4.08. The first kappa shape index (κ1) is 20.4. The molecule has 1 aromatic heterocycles. The molecule has 0 saturated carbocycles. The summed E-state index contributed by atoms with van der Waals surface area (Å²) >= 11 is 3.58. The number of benzene rings is 3. The van der Waals surface area contributed by atoms with Crippen molar-refractivity contribution in [3.63, 3.8) is 0 Å². The van der Waals surface area contributed by atoms with Crippen LogP contribution in [0.2, 0.25) is 0 Å². The zero-order valence-electron chi connectivity index (χ0n) is 17.1. The molecule has 0 N–H and O–H groups in total. The van der Waals surface area contributed by atoms with E-state index in [1.54, 1.807) is 6.07 Å². The number of esters is 1. The van der Waals surface area contributed by atoms with Crippen molar-refractivity contribution >= 4 is 32.9 Å². The largest absolute Gasteiger partial charge is 0.465 e. The van der Waals surface area contributed by atoms with Gasteiger partial charge in [0.05, 0.1) is 23.7 Å². The van der Waals surface area contributed by atoms with Gasteiger partial charge in [0, 0.05) is 17.4 Å². The van der Waals surface area contributed by atoms with Gasteiger partial charge in [-0.25, -0.2) is 9.78 Å². The topological polar surface area (TPSA) is 44.1 Å². The molecule has 152 valence electrons. The zero-order valence-corrected chi connectivity index (χ0v) is 18.6. The minimum atomic E-state index is -0.325. The fraction of sp³-hybridized carbons (Fsp3) is 0.200. The highest BCUT2D eigenvalue weighted by atomic mass is 79.9. The molecule has 4 aromatic rings. The Hall–Kier alpha value is -2.92. The van der Waals surface area contributed by atoms with Crippen molar-refractivity contribution in [2.75, 3.05) is 7.11 Å². The predicted molar refractivity (Wildman–Crippen MR) is 124 cm³/mol. The Morgan fingerprint density at radius 2 is 1.83 bits per heavy atom. The fourth-order valence-electron chi connectivity index (χ4n) is 3.73. The van der Waals surface area contributed by atoms with Crippen LogP contribution >= 0.6 is 15.9 Å². The molecule has 1 heterocycles. The van der Waals surface area contributed by atoms with Gasteiger partial charge in [-0.05, 0) is 47.4 Å². The molecule has 0 aliphatic rings. The van der Waals surface area contributed by atoms with Crippen molar-refractivity contribution in [2.45, 2.75) is 26.3 Å². The number of nitrogens with zero attached hydrogens (tertiary/aromatic N) is 2. The van der Waals surface area contributed by atoms with Gasteiger partial charge in [-0.2, -0.15) is 0 Å². The maximum Gasteiger partial charge on any atom is 0.338 e. The average Bonchev–Trinajstić information content (AvgIpc) is 3.10. The van der Waals surface area contributed by atoms with Crippen molar-refractivity contribution in [1.82, 2.24) is 9.55 Å². The van der Waals surface area contributed by atoms with E-state index in [2.05, 4.69) is 63.8 Å². The number of carbonyl (C=O) groups is 1. The number of hydrogen-bond acceptors (Lipinski definition) is 3. The summed E-state index contributed by atoms with van der Waals surface area (Å²) in [5.41, 5.74) is 5.78. The van der Waals surface area contributed by atoms with Gasteiger partial charge in [0.15, 0.2) is 0 Å². The van der Waals surface area contributed by atoms with Crippen LogP contribution in [0.3, 0.4) is 0 Å². The second-order valence-corrected chi connectivity index (χ2v) is 8.15. The van der Waals surface area contributed by atoms with E-state index in [0.717, 1.165) is 51.8 Å². The molecule has 0 saturated heterocycles. The Morgan fingerprint density at radius 1 is 1.07 bits per heavy atom. The molecular weight excluding hydrogens is 440 g/mol. The summed E-state index contributed by atoms with van der Waals surface area (Å²) in [6, 6.07) is 22.1. The second-order valence-electron chi connectivity index (χ2n) is 7.23. The van der Waals surface area contributed by atoms with Crippen LogP contribution in [0.25, 0.3) is 22.2 Å². The summed E-state index contributed by atoms with van der Waals surface area (Å²) in [6.45, 7) is 2.92. The van der Waals surface area contributed by atoms with Gasteiger partial charge in [-0.1, -0.05) is 65.3 Å². The Labute approximate surface area is 184 Å². The van der Waals surface area contributed by atoms with Crippen LogP contribution in [0.1, 0.15) is 35.1 Å². The molecule has 0 radical (unpaired) electrons. The Bertz CT molecular complexity index is 1200. The van der Waals surface area contributed by atoms with Crippen LogP contribution in [-0.4, -0.2) is 22.6 Å². The van der Waals surface area contributed by atoms with E-state index in [1.165, 1.54) is 12.7 Å². The number of imidazole rings is 1. The maximum atomic E-state index is 12.1. The van der Waals surface area contributed by atoms with Crippen LogP contribution in [0.15, 0.2) is 71.2 Å².